The number of benzene rings is 1. The Morgan fingerprint density at radius 1 is 1.21 bits per heavy atom. The summed E-state index contributed by atoms with van der Waals surface area (Å²) in [6.07, 6.45) is 3.22. The van der Waals surface area contributed by atoms with E-state index in [-0.39, 0.29) is 17.8 Å². The number of halogens is 3. The van der Waals surface area contributed by atoms with E-state index in [0.717, 1.165) is 18.4 Å². The second kappa shape index (κ2) is 10.6. The van der Waals surface area contributed by atoms with Crippen LogP contribution in [0.15, 0.2) is 47.6 Å². The van der Waals surface area contributed by atoms with Crippen molar-refractivity contribution in [3.8, 4) is 11.3 Å². The van der Waals surface area contributed by atoms with E-state index >= 15 is 0 Å². The molecule has 9 nitrogen and oxygen atoms in total. The summed E-state index contributed by atoms with van der Waals surface area (Å²) in [4.78, 5) is 20.3. The minimum absolute atomic E-state index is 0.235. The van der Waals surface area contributed by atoms with Crippen molar-refractivity contribution in [3.63, 3.8) is 0 Å². The van der Waals surface area contributed by atoms with Gasteiger partial charge in [0.25, 0.3) is 5.91 Å². The van der Waals surface area contributed by atoms with Gasteiger partial charge in [0.2, 0.25) is 0 Å². The van der Waals surface area contributed by atoms with Gasteiger partial charge < -0.3 is 20.9 Å². The Morgan fingerprint density at radius 3 is 2.49 bits per heavy atom. The Hall–Kier alpha value is -3.39. The largest absolute Gasteiger partial charge is 0.386 e. The van der Waals surface area contributed by atoms with Gasteiger partial charge in [0.15, 0.2) is 9.84 Å². The normalized spacial score (nSPS) is 23.4. The van der Waals surface area contributed by atoms with Crippen molar-refractivity contribution >= 4 is 21.4 Å². The number of anilines is 1. The molecule has 0 spiro atoms. The van der Waals surface area contributed by atoms with Crippen molar-refractivity contribution in [2.24, 2.45) is 5.73 Å². The minimum atomic E-state index is -3.94. The second-order valence-electron chi connectivity index (χ2n) is 9.57. The molecular formula is C26H27F3N4O5S. The van der Waals surface area contributed by atoms with Crippen molar-refractivity contribution < 1.29 is 36.2 Å². The van der Waals surface area contributed by atoms with Crippen LogP contribution in [0.5, 0.6) is 0 Å². The van der Waals surface area contributed by atoms with E-state index in [1.165, 1.54) is 12.4 Å². The van der Waals surface area contributed by atoms with Crippen LogP contribution in [0, 0.1) is 17.5 Å². The molecule has 0 unspecified atom stereocenters. The fourth-order valence-electron chi connectivity index (χ4n) is 4.52. The van der Waals surface area contributed by atoms with Gasteiger partial charge in [-0.15, -0.1) is 0 Å². The number of nitrogens with zero attached hydrogens (tertiary/aromatic N) is 2. The standard InChI is InChI=1S/C26H27F3N4O5S/c1-4-22-26(2,35)21(30)11-20(38-22)14-7-8-31-12-19(14)33-25(34)18-6-5-15(27)24(32-18)23-16(28)9-13(10-17(23)29)39(3,36)37/h5-10,12,20-22,35H,4,11,30H2,1-3H3,(H,33,34)/t20-,21-,22-,26+/m1/s1. The van der Waals surface area contributed by atoms with Crippen molar-refractivity contribution in [3.05, 3.63) is 71.4 Å². The van der Waals surface area contributed by atoms with Crippen LogP contribution in [-0.4, -0.2) is 53.4 Å². The van der Waals surface area contributed by atoms with Crippen LogP contribution in [0.3, 0.4) is 0 Å². The first-order chi connectivity index (χ1) is 18.2. The number of aliphatic hydroxyl groups is 1. The summed E-state index contributed by atoms with van der Waals surface area (Å²) in [5.41, 5.74) is 3.63. The van der Waals surface area contributed by atoms with E-state index in [9.17, 15) is 31.5 Å². The van der Waals surface area contributed by atoms with Gasteiger partial charge in [-0.25, -0.2) is 26.6 Å². The van der Waals surface area contributed by atoms with E-state index in [1.54, 1.807) is 13.0 Å². The fraction of sp³-hybridized carbons (Fsp3) is 0.346. The molecule has 0 bridgehead atoms. The first-order valence-corrected chi connectivity index (χ1v) is 13.9. The molecule has 0 radical (unpaired) electrons. The molecule has 1 aromatic carbocycles. The van der Waals surface area contributed by atoms with Crippen LogP contribution in [0.25, 0.3) is 11.3 Å². The number of pyridine rings is 2. The summed E-state index contributed by atoms with van der Waals surface area (Å²) in [7, 11) is -3.94. The van der Waals surface area contributed by atoms with Gasteiger partial charge in [0.05, 0.1) is 34.6 Å². The Bertz CT molecular complexity index is 1510. The van der Waals surface area contributed by atoms with Gasteiger partial charge in [-0.2, -0.15) is 0 Å². The van der Waals surface area contributed by atoms with Crippen LogP contribution in [0.1, 0.15) is 48.8 Å². The van der Waals surface area contributed by atoms with Crippen LogP contribution in [0.2, 0.25) is 0 Å². The predicted molar refractivity (Wildman–Crippen MR) is 136 cm³/mol. The number of carbonyl (C=O) groups excluding carboxylic acids is 1. The lowest BCUT2D eigenvalue weighted by Gasteiger charge is -2.45. The summed E-state index contributed by atoms with van der Waals surface area (Å²) < 4.78 is 73.5. The van der Waals surface area contributed by atoms with E-state index < -0.39 is 73.2 Å². The molecule has 0 saturated carbocycles. The molecule has 3 heterocycles. The zero-order valence-corrected chi connectivity index (χ0v) is 22.1. The fourth-order valence-corrected chi connectivity index (χ4v) is 5.16. The highest BCUT2D eigenvalue weighted by Gasteiger charge is 2.45. The lowest BCUT2D eigenvalue weighted by atomic mass is 9.81. The molecule has 4 N–H and O–H groups in total. The summed E-state index contributed by atoms with van der Waals surface area (Å²) in [6, 6.07) is 3.97. The maximum Gasteiger partial charge on any atom is 0.274 e. The third-order valence-corrected chi connectivity index (χ3v) is 7.87. The zero-order chi connectivity index (χ0) is 28.7. The molecular weight excluding hydrogens is 537 g/mol. The van der Waals surface area contributed by atoms with E-state index in [2.05, 4.69) is 15.3 Å². The highest BCUT2D eigenvalue weighted by molar-refractivity contribution is 7.90. The lowest BCUT2D eigenvalue weighted by Crippen LogP contribution is -2.58. The van der Waals surface area contributed by atoms with Crippen molar-refractivity contribution in [1.82, 2.24) is 9.97 Å². The minimum Gasteiger partial charge on any atom is -0.386 e. The van der Waals surface area contributed by atoms with Gasteiger partial charge in [-0.1, -0.05) is 6.92 Å². The van der Waals surface area contributed by atoms with Gasteiger partial charge in [-0.05, 0) is 50.1 Å². The first kappa shape index (κ1) is 28.6. The molecule has 1 aliphatic rings. The molecule has 13 heteroatoms. The van der Waals surface area contributed by atoms with Gasteiger partial charge in [-0.3, -0.25) is 9.78 Å². The average molecular weight is 565 g/mol. The highest BCUT2D eigenvalue weighted by Crippen LogP contribution is 2.39. The van der Waals surface area contributed by atoms with Gasteiger partial charge in [0.1, 0.15) is 34.4 Å². The molecule has 4 rings (SSSR count). The number of hydrogen-bond acceptors (Lipinski definition) is 8. The predicted octanol–water partition coefficient (Wildman–Crippen LogP) is 3.54. The third-order valence-electron chi connectivity index (χ3n) is 6.78. The Morgan fingerprint density at radius 2 is 1.87 bits per heavy atom. The second-order valence-corrected chi connectivity index (χ2v) is 11.6. The lowest BCUT2D eigenvalue weighted by molar-refractivity contribution is -0.179. The van der Waals surface area contributed by atoms with Crippen molar-refractivity contribution in [1.29, 1.82) is 0 Å². The SMILES string of the molecule is CC[C@H]1O[C@@H](c2ccncc2NC(=O)c2ccc(F)c(-c3c(F)cc(S(C)(=O)=O)cc3F)n2)C[C@@H](N)[C@]1(C)O. The van der Waals surface area contributed by atoms with Gasteiger partial charge >= 0.3 is 0 Å². The third kappa shape index (κ3) is 5.66. The average Bonchev–Trinajstić information content (AvgIpc) is 2.86. The van der Waals surface area contributed by atoms with Crippen molar-refractivity contribution in [2.45, 2.75) is 55.4 Å². The highest BCUT2D eigenvalue weighted by atomic mass is 32.2. The molecule has 3 aromatic rings. The van der Waals surface area contributed by atoms with Crippen molar-refractivity contribution in [2.75, 3.05) is 11.6 Å². The Balaban J connectivity index is 1.66. The topological polar surface area (TPSA) is 144 Å². The maximum absolute atomic E-state index is 14.7. The molecule has 1 amide bonds. The van der Waals surface area contributed by atoms with Gasteiger partial charge in [0, 0.05) is 24.1 Å². The van der Waals surface area contributed by atoms with E-state index in [4.69, 9.17) is 10.5 Å². The first-order valence-electron chi connectivity index (χ1n) is 12.0. The zero-order valence-electron chi connectivity index (χ0n) is 21.3. The van der Waals surface area contributed by atoms with E-state index in [1.807, 2.05) is 6.92 Å². The summed E-state index contributed by atoms with van der Waals surface area (Å²) in [5.74, 6) is -4.68. The molecule has 2 aromatic heterocycles. The molecule has 1 aliphatic heterocycles. The summed E-state index contributed by atoms with van der Waals surface area (Å²) >= 11 is 0. The number of nitrogens with one attached hydrogen (secondary N) is 1. The summed E-state index contributed by atoms with van der Waals surface area (Å²) in [6.45, 7) is 3.46. The molecule has 4 atom stereocenters. The summed E-state index contributed by atoms with van der Waals surface area (Å²) in [5, 5.41) is 13.3. The molecule has 1 fully saturated rings. The van der Waals surface area contributed by atoms with Crippen LogP contribution in [-0.2, 0) is 14.6 Å². The smallest absolute Gasteiger partial charge is 0.274 e. The number of amides is 1. The monoisotopic (exact) mass is 564 g/mol. The molecule has 1 saturated heterocycles. The number of nitrogens with two attached hydrogens (primary N) is 1. The molecule has 0 aliphatic carbocycles. The maximum atomic E-state index is 14.7. The number of aromatic nitrogens is 2. The number of rotatable bonds is 6. The number of hydrogen-bond donors (Lipinski definition) is 3. The number of ether oxygens (including phenoxy) is 1. The Labute approximate surface area is 223 Å². The molecule has 208 valence electrons. The number of carbonyl (C=O) groups is 1. The molecule has 39 heavy (non-hydrogen) atoms. The quantitative estimate of drug-likeness (QED) is 0.413. The number of sulfone groups is 1. The van der Waals surface area contributed by atoms with Crippen LogP contribution >= 0.6 is 0 Å². The van der Waals surface area contributed by atoms with Crippen LogP contribution < -0.4 is 11.1 Å². The van der Waals surface area contributed by atoms with Crippen LogP contribution in [0.4, 0.5) is 18.9 Å². The Kier molecular flexibility index (Phi) is 7.81. The van der Waals surface area contributed by atoms with E-state index in [0.29, 0.717) is 24.1 Å².